The zero-order valence-electron chi connectivity index (χ0n) is 13.9. The summed E-state index contributed by atoms with van der Waals surface area (Å²) in [4.78, 5) is 14.2. The van der Waals surface area contributed by atoms with Crippen LogP contribution in [0.1, 0.15) is 49.5 Å². The second kappa shape index (κ2) is 7.91. The number of carbonyl (C=O) groups is 1. The first kappa shape index (κ1) is 17.3. The van der Waals surface area contributed by atoms with Crippen LogP contribution in [-0.2, 0) is 4.74 Å². The highest BCUT2D eigenvalue weighted by atomic mass is 16.5. The van der Waals surface area contributed by atoms with Gasteiger partial charge in [0.05, 0.1) is 12.7 Å². The molecule has 1 aromatic rings. The van der Waals surface area contributed by atoms with Crippen LogP contribution in [0, 0.1) is 12.8 Å². The molecule has 0 aliphatic heterocycles. The third-order valence-electron chi connectivity index (χ3n) is 4.16. The second-order valence-electron chi connectivity index (χ2n) is 5.44. The van der Waals surface area contributed by atoms with E-state index in [0.29, 0.717) is 17.2 Å². The molecule has 0 heterocycles. The van der Waals surface area contributed by atoms with Crippen molar-refractivity contribution in [1.82, 2.24) is 0 Å². The third-order valence-corrected chi connectivity index (χ3v) is 4.16. The Bertz CT molecular complexity index is 482. The predicted molar refractivity (Wildman–Crippen MR) is 88.9 cm³/mol. The van der Waals surface area contributed by atoms with Gasteiger partial charge in [-0.2, -0.15) is 0 Å². The normalized spacial score (nSPS) is 10.8. The lowest BCUT2D eigenvalue weighted by atomic mass is 10.0. The summed E-state index contributed by atoms with van der Waals surface area (Å²) in [5.74, 6) is 0.278. The smallest absolute Gasteiger partial charge is 0.340 e. The Kier molecular flexibility index (Phi) is 6.53. The lowest BCUT2D eigenvalue weighted by Gasteiger charge is -2.28. The zero-order chi connectivity index (χ0) is 16.0. The van der Waals surface area contributed by atoms with Gasteiger partial charge < -0.3 is 15.4 Å². The molecule has 1 rings (SSSR count). The number of aryl methyl sites for hydroxylation is 1. The summed E-state index contributed by atoms with van der Waals surface area (Å²) < 4.78 is 4.83. The topological polar surface area (TPSA) is 55.6 Å². The number of rotatable bonds is 7. The molecule has 0 unspecified atom stereocenters. The van der Waals surface area contributed by atoms with Crippen molar-refractivity contribution in [3.63, 3.8) is 0 Å². The van der Waals surface area contributed by atoms with Crippen molar-refractivity contribution in [3.05, 3.63) is 23.3 Å². The van der Waals surface area contributed by atoms with Gasteiger partial charge in [0.15, 0.2) is 0 Å². The summed E-state index contributed by atoms with van der Waals surface area (Å²) in [6.07, 6.45) is 2.32. The van der Waals surface area contributed by atoms with E-state index in [2.05, 4.69) is 25.7 Å². The SMILES string of the molecule is CCC(CC)CN(CC)c1cc(C)c(N)c(C(=O)OC)c1. The maximum absolute atomic E-state index is 11.9. The maximum Gasteiger partial charge on any atom is 0.340 e. The van der Waals surface area contributed by atoms with Crippen LogP contribution in [0.2, 0.25) is 0 Å². The molecule has 4 nitrogen and oxygen atoms in total. The van der Waals surface area contributed by atoms with Crippen LogP contribution >= 0.6 is 0 Å². The standard InChI is InChI=1S/C17H28N2O2/c1-6-13(7-2)11-19(8-3)14-9-12(4)16(18)15(10-14)17(20)21-5/h9-10,13H,6-8,11,18H2,1-5H3. The van der Waals surface area contributed by atoms with Crippen molar-refractivity contribution in [2.45, 2.75) is 40.5 Å². The molecule has 1 aromatic carbocycles. The minimum absolute atomic E-state index is 0.379. The van der Waals surface area contributed by atoms with E-state index in [1.807, 2.05) is 19.1 Å². The zero-order valence-corrected chi connectivity index (χ0v) is 13.9. The molecule has 0 atom stereocenters. The highest BCUT2D eigenvalue weighted by molar-refractivity contribution is 5.97. The summed E-state index contributed by atoms with van der Waals surface area (Å²) >= 11 is 0. The molecule has 0 fully saturated rings. The van der Waals surface area contributed by atoms with Crippen molar-refractivity contribution < 1.29 is 9.53 Å². The van der Waals surface area contributed by atoms with E-state index >= 15 is 0 Å². The number of nitrogens with two attached hydrogens (primary N) is 1. The van der Waals surface area contributed by atoms with Gasteiger partial charge in [0.2, 0.25) is 0 Å². The molecule has 0 radical (unpaired) electrons. The van der Waals surface area contributed by atoms with Gasteiger partial charge in [-0.15, -0.1) is 0 Å². The Balaban J connectivity index is 3.15. The van der Waals surface area contributed by atoms with Crippen molar-refractivity contribution in [1.29, 1.82) is 0 Å². The lowest BCUT2D eigenvalue weighted by molar-refractivity contribution is 0.0602. The molecular weight excluding hydrogens is 264 g/mol. The summed E-state index contributed by atoms with van der Waals surface area (Å²) in [6, 6.07) is 3.90. The van der Waals surface area contributed by atoms with Crippen molar-refractivity contribution in [2.24, 2.45) is 5.92 Å². The first-order chi connectivity index (χ1) is 9.98. The molecule has 2 N–H and O–H groups in total. The van der Waals surface area contributed by atoms with Crippen molar-refractivity contribution in [2.75, 3.05) is 30.8 Å². The van der Waals surface area contributed by atoms with Gasteiger partial charge in [0, 0.05) is 24.5 Å². The van der Waals surface area contributed by atoms with Gasteiger partial charge in [0.25, 0.3) is 0 Å². The predicted octanol–water partition coefficient (Wildman–Crippen LogP) is 3.63. The number of esters is 1. The van der Waals surface area contributed by atoms with Crippen molar-refractivity contribution >= 4 is 17.3 Å². The molecular formula is C17H28N2O2. The van der Waals surface area contributed by atoms with Gasteiger partial charge in [-0.05, 0) is 37.5 Å². The molecule has 118 valence electrons. The first-order valence-corrected chi connectivity index (χ1v) is 7.71. The molecule has 4 heteroatoms. The van der Waals surface area contributed by atoms with Gasteiger partial charge in [-0.1, -0.05) is 26.7 Å². The quantitative estimate of drug-likeness (QED) is 0.616. The van der Waals surface area contributed by atoms with E-state index in [1.165, 1.54) is 7.11 Å². The molecule has 0 aliphatic carbocycles. The van der Waals surface area contributed by atoms with Crippen LogP contribution in [0.25, 0.3) is 0 Å². The van der Waals surface area contributed by atoms with E-state index in [1.54, 1.807) is 0 Å². The Morgan fingerprint density at radius 2 is 1.90 bits per heavy atom. The summed E-state index contributed by atoms with van der Waals surface area (Å²) in [5.41, 5.74) is 8.91. The van der Waals surface area contributed by atoms with Gasteiger partial charge in [0.1, 0.15) is 0 Å². The summed E-state index contributed by atoms with van der Waals surface area (Å²) in [6.45, 7) is 10.4. The number of benzene rings is 1. The van der Waals surface area contributed by atoms with Crippen LogP contribution in [-0.4, -0.2) is 26.2 Å². The Morgan fingerprint density at radius 3 is 2.38 bits per heavy atom. The van der Waals surface area contributed by atoms with E-state index in [4.69, 9.17) is 10.5 Å². The summed E-state index contributed by atoms with van der Waals surface area (Å²) in [7, 11) is 1.38. The molecule has 0 aromatic heterocycles. The summed E-state index contributed by atoms with van der Waals surface area (Å²) in [5, 5.41) is 0. The minimum atomic E-state index is -0.379. The number of carbonyl (C=O) groups excluding carboxylic acids is 1. The van der Waals surface area contributed by atoms with Gasteiger partial charge in [-0.3, -0.25) is 0 Å². The fraction of sp³-hybridized carbons (Fsp3) is 0.588. The van der Waals surface area contributed by atoms with Crippen LogP contribution in [0.5, 0.6) is 0 Å². The van der Waals surface area contributed by atoms with E-state index in [-0.39, 0.29) is 5.97 Å². The molecule has 0 bridgehead atoms. The molecule has 0 aliphatic rings. The minimum Gasteiger partial charge on any atom is -0.465 e. The maximum atomic E-state index is 11.9. The second-order valence-corrected chi connectivity index (χ2v) is 5.44. The first-order valence-electron chi connectivity index (χ1n) is 7.71. The number of anilines is 2. The van der Waals surface area contributed by atoms with Crippen LogP contribution in [0.15, 0.2) is 12.1 Å². The highest BCUT2D eigenvalue weighted by Gasteiger charge is 2.17. The Labute approximate surface area is 128 Å². The number of hydrogen-bond donors (Lipinski definition) is 1. The average molecular weight is 292 g/mol. The van der Waals surface area contributed by atoms with Crippen LogP contribution in [0.3, 0.4) is 0 Å². The fourth-order valence-corrected chi connectivity index (χ4v) is 2.52. The molecule has 0 saturated heterocycles. The number of hydrogen-bond acceptors (Lipinski definition) is 4. The van der Waals surface area contributed by atoms with Crippen LogP contribution in [0.4, 0.5) is 11.4 Å². The molecule has 0 spiro atoms. The lowest BCUT2D eigenvalue weighted by Crippen LogP contribution is -2.29. The highest BCUT2D eigenvalue weighted by Crippen LogP contribution is 2.27. The number of methoxy groups -OCH3 is 1. The van der Waals surface area contributed by atoms with Gasteiger partial charge >= 0.3 is 5.97 Å². The van der Waals surface area contributed by atoms with E-state index < -0.39 is 0 Å². The fourth-order valence-electron chi connectivity index (χ4n) is 2.52. The largest absolute Gasteiger partial charge is 0.465 e. The van der Waals surface area contributed by atoms with Crippen LogP contribution < -0.4 is 10.6 Å². The monoisotopic (exact) mass is 292 g/mol. The van der Waals surface area contributed by atoms with E-state index in [0.717, 1.165) is 37.2 Å². The molecule has 21 heavy (non-hydrogen) atoms. The average Bonchev–Trinajstić information content (AvgIpc) is 2.50. The number of nitrogen functional groups attached to an aromatic ring is 1. The molecule has 0 amide bonds. The number of ether oxygens (including phenoxy) is 1. The van der Waals surface area contributed by atoms with Crippen molar-refractivity contribution in [3.8, 4) is 0 Å². The van der Waals surface area contributed by atoms with E-state index in [9.17, 15) is 4.79 Å². The third kappa shape index (κ3) is 4.13. The molecule has 0 saturated carbocycles. The number of nitrogens with zero attached hydrogens (tertiary/aromatic N) is 1. The van der Waals surface area contributed by atoms with Gasteiger partial charge in [-0.25, -0.2) is 4.79 Å². The Morgan fingerprint density at radius 1 is 1.29 bits per heavy atom. The Hall–Kier alpha value is -1.71.